The SMILES string of the molecule is CC[AsH]Nc1ccc(CCO)cc1. The zero-order valence-electron chi connectivity index (χ0n) is 7.88. The molecular weight excluding hydrogens is 225 g/mol. The Morgan fingerprint density at radius 2 is 2.00 bits per heavy atom. The van der Waals surface area contributed by atoms with Crippen molar-refractivity contribution in [3.8, 4) is 0 Å². The van der Waals surface area contributed by atoms with Crippen LogP contribution in [-0.2, 0) is 6.42 Å². The van der Waals surface area contributed by atoms with Gasteiger partial charge in [-0.25, -0.2) is 0 Å². The summed E-state index contributed by atoms with van der Waals surface area (Å²) >= 11 is 0.0116. The van der Waals surface area contributed by atoms with Gasteiger partial charge in [-0.3, -0.25) is 0 Å². The zero-order valence-corrected chi connectivity index (χ0v) is 9.98. The Bertz CT molecular complexity index is 235. The predicted molar refractivity (Wildman–Crippen MR) is 58.5 cm³/mol. The summed E-state index contributed by atoms with van der Waals surface area (Å²) in [6, 6.07) is 8.31. The topological polar surface area (TPSA) is 32.3 Å². The van der Waals surface area contributed by atoms with Crippen molar-refractivity contribution in [2.75, 3.05) is 10.8 Å². The average molecular weight is 241 g/mol. The van der Waals surface area contributed by atoms with Crippen molar-refractivity contribution in [2.24, 2.45) is 0 Å². The molecule has 0 bridgehead atoms. The van der Waals surface area contributed by atoms with Gasteiger partial charge in [0.2, 0.25) is 0 Å². The molecule has 1 rings (SSSR count). The van der Waals surface area contributed by atoms with E-state index in [0.29, 0.717) is 0 Å². The summed E-state index contributed by atoms with van der Waals surface area (Å²) in [5.74, 6) is 0. The van der Waals surface area contributed by atoms with Gasteiger partial charge in [0.15, 0.2) is 0 Å². The summed E-state index contributed by atoms with van der Waals surface area (Å²) in [7, 11) is 0. The van der Waals surface area contributed by atoms with E-state index in [4.69, 9.17) is 5.11 Å². The van der Waals surface area contributed by atoms with Gasteiger partial charge >= 0.3 is 86.0 Å². The van der Waals surface area contributed by atoms with E-state index in [0.717, 1.165) is 6.42 Å². The first kappa shape index (κ1) is 10.6. The Balaban J connectivity index is 2.48. The number of nitrogens with one attached hydrogen (secondary N) is 1. The van der Waals surface area contributed by atoms with Gasteiger partial charge in [0.1, 0.15) is 0 Å². The Labute approximate surface area is 86.3 Å². The van der Waals surface area contributed by atoms with E-state index in [1.54, 1.807) is 0 Å². The average Bonchev–Trinajstić information content (AvgIpc) is 2.17. The standard InChI is InChI=1S/C10H16AsNO/c1-2-11-12-10-5-3-9(4-6-10)7-8-13/h3-6,11-13H,2,7-8H2,1H3. The minimum absolute atomic E-state index is 0.0116. The fraction of sp³-hybridized carbons (Fsp3) is 0.400. The fourth-order valence-electron chi connectivity index (χ4n) is 1.07. The molecule has 2 N–H and O–H groups in total. The number of hydrogen-bond acceptors (Lipinski definition) is 2. The molecule has 0 saturated heterocycles. The van der Waals surface area contributed by atoms with Crippen LogP contribution in [0.4, 0.5) is 5.69 Å². The molecule has 0 aliphatic heterocycles. The van der Waals surface area contributed by atoms with Crippen LogP contribution in [0.5, 0.6) is 0 Å². The Hall–Kier alpha value is -0.462. The molecule has 0 aromatic heterocycles. The molecule has 0 aliphatic carbocycles. The minimum atomic E-state index is 0.0116. The Kier molecular flexibility index (Phi) is 4.95. The molecule has 0 saturated carbocycles. The molecule has 1 atom stereocenters. The number of hydrogen-bond donors (Lipinski definition) is 2. The van der Waals surface area contributed by atoms with Gasteiger partial charge in [-0.05, 0) is 0 Å². The van der Waals surface area contributed by atoms with Crippen LogP contribution in [0.25, 0.3) is 0 Å². The normalized spacial score (nSPS) is 10.9. The summed E-state index contributed by atoms with van der Waals surface area (Å²) in [5.41, 5.74) is 2.41. The molecule has 0 spiro atoms. The monoisotopic (exact) mass is 241 g/mol. The van der Waals surface area contributed by atoms with E-state index in [1.165, 1.54) is 16.5 Å². The van der Waals surface area contributed by atoms with E-state index in [2.05, 4.69) is 35.4 Å². The number of anilines is 1. The molecule has 2 nitrogen and oxygen atoms in total. The number of rotatable bonds is 5. The molecule has 3 heteroatoms. The van der Waals surface area contributed by atoms with Gasteiger partial charge in [0, 0.05) is 0 Å². The quantitative estimate of drug-likeness (QED) is 0.764. The van der Waals surface area contributed by atoms with Crippen molar-refractivity contribution < 1.29 is 5.11 Å². The van der Waals surface area contributed by atoms with Gasteiger partial charge < -0.3 is 0 Å². The van der Waals surface area contributed by atoms with E-state index in [9.17, 15) is 0 Å². The third kappa shape index (κ3) is 3.84. The first-order valence-corrected chi connectivity index (χ1v) is 7.08. The predicted octanol–water partition coefficient (Wildman–Crippen LogP) is 1.42. The van der Waals surface area contributed by atoms with Crippen molar-refractivity contribution in [1.82, 2.24) is 0 Å². The van der Waals surface area contributed by atoms with Crippen LogP contribution in [0, 0.1) is 0 Å². The first-order valence-electron chi connectivity index (χ1n) is 4.55. The molecule has 72 valence electrons. The van der Waals surface area contributed by atoms with Crippen molar-refractivity contribution in [3.63, 3.8) is 0 Å². The summed E-state index contributed by atoms with van der Waals surface area (Å²) in [5, 5.41) is 9.98. The summed E-state index contributed by atoms with van der Waals surface area (Å²) in [6.45, 7) is 2.43. The summed E-state index contributed by atoms with van der Waals surface area (Å²) < 4.78 is 3.43. The maximum atomic E-state index is 8.72. The molecule has 0 radical (unpaired) electrons. The van der Waals surface area contributed by atoms with E-state index in [-0.39, 0.29) is 22.6 Å². The first-order chi connectivity index (χ1) is 6.36. The van der Waals surface area contributed by atoms with Crippen LogP contribution >= 0.6 is 0 Å². The van der Waals surface area contributed by atoms with Crippen molar-refractivity contribution in [3.05, 3.63) is 29.8 Å². The molecule has 1 aromatic carbocycles. The van der Waals surface area contributed by atoms with Crippen LogP contribution in [0.15, 0.2) is 24.3 Å². The van der Waals surface area contributed by atoms with Gasteiger partial charge in [-0.2, -0.15) is 0 Å². The van der Waals surface area contributed by atoms with Crippen molar-refractivity contribution in [2.45, 2.75) is 18.6 Å². The van der Waals surface area contributed by atoms with Crippen LogP contribution in [0.1, 0.15) is 12.5 Å². The summed E-state index contributed by atoms with van der Waals surface area (Å²) in [6.07, 6.45) is 0.754. The second-order valence-electron chi connectivity index (χ2n) is 2.83. The van der Waals surface area contributed by atoms with Gasteiger partial charge in [-0.1, -0.05) is 0 Å². The van der Waals surface area contributed by atoms with Crippen molar-refractivity contribution >= 4 is 21.7 Å². The van der Waals surface area contributed by atoms with Gasteiger partial charge in [0.25, 0.3) is 0 Å². The Morgan fingerprint density at radius 1 is 1.31 bits per heavy atom. The van der Waals surface area contributed by atoms with Crippen LogP contribution < -0.4 is 4.23 Å². The van der Waals surface area contributed by atoms with E-state index >= 15 is 0 Å². The molecule has 0 heterocycles. The van der Waals surface area contributed by atoms with Crippen LogP contribution in [-0.4, -0.2) is 27.7 Å². The number of benzene rings is 1. The molecule has 13 heavy (non-hydrogen) atoms. The Morgan fingerprint density at radius 3 is 2.54 bits per heavy atom. The summed E-state index contributed by atoms with van der Waals surface area (Å²) in [4.78, 5) is 0. The second-order valence-corrected chi connectivity index (χ2v) is 5.58. The number of aliphatic hydroxyl groups is 1. The van der Waals surface area contributed by atoms with E-state index in [1.807, 2.05) is 0 Å². The second kappa shape index (κ2) is 6.06. The fourth-order valence-corrected chi connectivity index (χ4v) is 2.22. The molecular formula is C10H16AsNO. The van der Waals surface area contributed by atoms with Gasteiger partial charge in [-0.15, -0.1) is 0 Å². The third-order valence-corrected chi connectivity index (χ3v) is 3.48. The zero-order chi connectivity index (χ0) is 9.52. The van der Waals surface area contributed by atoms with Crippen LogP contribution in [0.3, 0.4) is 0 Å². The van der Waals surface area contributed by atoms with Gasteiger partial charge in [0.05, 0.1) is 0 Å². The van der Waals surface area contributed by atoms with Crippen molar-refractivity contribution in [1.29, 1.82) is 0 Å². The maximum absolute atomic E-state index is 8.72. The third-order valence-electron chi connectivity index (χ3n) is 1.76. The molecule has 1 unspecified atom stereocenters. The molecule has 0 amide bonds. The number of aliphatic hydroxyl groups excluding tert-OH is 1. The molecule has 0 fully saturated rings. The molecule has 1 aromatic rings. The van der Waals surface area contributed by atoms with Crippen LogP contribution in [0.2, 0.25) is 5.21 Å². The molecule has 0 aliphatic rings. The van der Waals surface area contributed by atoms with E-state index < -0.39 is 0 Å².